The zero-order valence-electron chi connectivity index (χ0n) is 17.3. The molecule has 2 atom stereocenters. The first-order valence-corrected chi connectivity index (χ1v) is 11.9. The Balaban J connectivity index is 1.79. The molecule has 31 heavy (non-hydrogen) atoms. The van der Waals surface area contributed by atoms with E-state index in [1.807, 2.05) is 6.07 Å². The minimum absolute atomic E-state index is 0.0875. The lowest BCUT2D eigenvalue weighted by Gasteiger charge is -2.34. The van der Waals surface area contributed by atoms with Crippen molar-refractivity contribution in [2.45, 2.75) is 25.3 Å². The SMILES string of the molecule is CC(n1ncc2c(N3CCOC[C@H]3C)nc(-c3nncc4[nH]ccc34)nc21)S(C)(=O)=O. The van der Waals surface area contributed by atoms with Gasteiger partial charge in [-0.25, -0.2) is 23.1 Å². The van der Waals surface area contributed by atoms with Gasteiger partial charge >= 0.3 is 0 Å². The average Bonchev–Trinajstić information content (AvgIpc) is 3.39. The van der Waals surface area contributed by atoms with E-state index in [2.05, 4.69) is 32.1 Å². The van der Waals surface area contributed by atoms with Crippen LogP contribution in [0, 0.1) is 0 Å². The van der Waals surface area contributed by atoms with E-state index in [4.69, 9.17) is 14.7 Å². The smallest absolute Gasteiger partial charge is 0.184 e. The third kappa shape index (κ3) is 3.31. The zero-order chi connectivity index (χ0) is 21.8. The third-order valence-corrected chi connectivity index (χ3v) is 7.07. The van der Waals surface area contributed by atoms with Gasteiger partial charge in [0.05, 0.1) is 42.6 Å². The summed E-state index contributed by atoms with van der Waals surface area (Å²) in [5.41, 5.74) is 1.77. The van der Waals surface area contributed by atoms with Crippen molar-refractivity contribution < 1.29 is 13.2 Å². The summed E-state index contributed by atoms with van der Waals surface area (Å²) >= 11 is 0. The Morgan fingerprint density at radius 2 is 2.10 bits per heavy atom. The van der Waals surface area contributed by atoms with Gasteiger partial charge in [0, 0.05) is 24.4 Å². The Bertz CT molecular complexity index is 1380. The fourth-order valence-electron chi connectivity index (χ4n) is 3.78. The number of fused-ring (bicyclic) bond motifs is 2. The molecule has 4 aromatic rings. The number of aromatic amines is 1. The van der Waals surface area contributed by atoms with Crippen molar-refractivity contribution >= 4 is 37.6 Å². The number of hydrogen-bond acceptors (Lipinski definition) is 9. The minimum Gasteiger partial charge on any atom is -0.377 e. The molecular weight excluding hydrogens is 420 g/mol. The van der Waals surface area contributed by atoms with Crippen LogP contribution in [0.25, 0.3) is 33.5 Å². The Labute approximate surface area is 178 Å². The van der Waals surface area contributed by atoms with E-state index in [1.54, 1.807) is 25.5 Å². The summed E-state index contributed by atoms with van der Waals surface area (Å²) in [7, 11) is -3.40. The standard InChI is InChI=1S/C19H22N8O3S/c1-11-10-30-7-6-26(11)18-14-8-22-27(12(2)31(3,28)29)19(14)24-17(23-18)16-13-4-5-20-15(13)9-21-25-16/h4-5,8-9,11-12,20H,6-7,10H2,1-3H3/t11-,12?/m1/s1. The number of ether oxygens (including phenoxy) is 1. The van der Waals surface area contributed by atoms with Crippen LogP contribution in [0.1, 0.15) is 19.2 Å². The number of H-pyrrole nitrogens is 1. The number of anilines is 1. The number of nitrogens with zero attached hydrogens (tertiary/aromatic N) is 7. The summed E-state index contributed by atoms with van der Waals surface area (Å²) in [6.07, 6.45) is 6.25. The zero-order valence-corrected chi connectivity index (χ0v) is 18.2. The van der Waals surface area contributed by atoms with Crippen molar-refractivity contribution in [3.05, 3.63) is 24.7 Å². The first kappa shape index (κ1) is 19.8. The Morgan fingerprint density at radius 3 is 2.87 bits per heavy atom. The van der Waals surface area contributed by atoms with Gasteiger partial charge in [-0.05, 0) is 19.9 Å². The summed E-state index contributed by atoms with van der Waals surface area (Å²) in [5, 5.41) is 13.4. The third-order valence-electron chi connectivity index (χ3n) is 5.63. The minimum atomic E-state index is -3.40. The van der Waals surface area contributed by atoms with Crippen molar-refractivity contribution in [3.8, 4) is 11.5 Å². The van der Waals surface area contributed by atoms with E-state index in [-0.39, 0.29) is 6.04 Å². The highest BCUT2D eigenvalue weighted by Gasteiger charge is 2.28. The second kappa shape index (κ2) is 7.24. The fraction of sp³-hybridized carbons (Fsp3) is 0.421. The highest BCUT2D eigenvalue weighted by Crippen LogP contribution is 2.32. The molecule has 0 spiro atoms. The van der Waals surface area contributed by atoms with Crippen LogP contribution in [-0.2, 0) is 14.6 Å². The lowest BCUT2D eigenvalue weighted by atomic mass is 10.2. The molecule has 0 amide bonds. The molecule has 162 valence electrons. The van der Waals surface area contributed by atoms with Gasteiger partial charge in [-0.1, -0.05) is 0 Å². The van der Waals surface area contributed by atoms with E-state index in [0.717, 1.165) is 10.9 Å². The Hall–Kier alpha value is -3.12. The number of hydrogen-bond donors (Lipinski definition) is 1. The molecule has 1 unspecified atom stereocenters. The van der Waals surface area contributed by atoms with Crippen molar-refractivity contribution in [1.82, 2.24) is 34.9 Å². The first-order chi connectivity index (χ1) is 14.8. The van der Waals surface area contributed by atoms with Crippen LogP contribution in [0.4, 0.5) is 5.82 Å². The molecule has 1 saturated heterocycles. The molecule has 11 nitrogen and oxygen atoms in total. The number of sulfone groups is 1. The Kier molecular flexibility index (Phi) is 4.63. The first-order valence-electron chi connectivity index (χ1n) is 9.92. The number of aromatic nitrogens is 7. The number of rotatable bonds is 4. The highest BCUT2D eigenvalue weighted by atomic mass is 32.2. The molecule has 1 aliphatic heterocycles. The molecule has 0 saturated carbocycles. The molecule has 1 fully saturated rings. The van der Waals surface area contributed by atoms with Gasteiger partial charge in [-0.15, -0.1) is 5.10 Å². The maximum Gasteiger partial charge on any atom is 0.184 e. The monoisotopic (exact) mass is 442 g/mol. The van der Waals surface area contributed by atoms with Gasteiger partial charge in [-0.2, -0.15) is 10.2 Å². The molecule has 0 radical (unpaired) electrons. The van der Waals surface area contributed by atoms with Crippen LogP contribution in [0.2, 0.25) is 0 Å². The predicted octanol–water partition coefficient (Wildman–Crippen LogP) is 1.55. The van der Waals surface area contributed by atoms with E-state index >= 15 is 0 Å². The molecular formula is C19H22N8O3S. The second-order valence-electron chi connectivity index (χ2n) is 7.74. The van der Waals surface area contributed by atoms with E-state index in [9.17, 15) is 8.42 Å². The van der Waals surface area contributed by atoms with Crippen LogP contribution in [0.3, 0.4) is 0 Å². The van der Waals surface area contributed by atoms with E-state index in [0.29, 0.717) is 48.1 Å². The van der Waals surface area contributed by atoms with Gasteiger partial charge < -0.3 is 14.6 Å². The quantitative estimate of drug-likeness (QED) is 0.500. The maximum atomic E-state index is 12.2. The van der Waals surface area contributed by atoms with E-state index in [1.165, 1.54) is 10.9 Å². The molecule has 0 bridgehead atoms. The van der Waals surface area contributed by atoms with Crippen molar-refractivity contribution in [2.75, 3.05) is 30.9 Å². The number of nitrogens with one attached hydrogen (secondary N) is 1. The molecule has 1 aliphatic rings. The second-order valence-corrected chi connectivity index (χ2v) is 10.1. The van der Waals surface area contributed by atoms with Crippen LogP contribution in [-0.4, -0.2) is 75.4 Å². The average molecular weight is 443 g/mol. The molecule has 0 aliphatic carbocycles. The van der Waals surface area contributed by atoms with Crippen molar-refractivity contribution in [2.24, 2.45) is 0 Å². The van der Waals surface area contributed by atoms with Gasteiger partial charge in [0.2, 0.25) is 0 Å². The molecule has 5 heterocycles. The summed E-state index contributed by atoms with van der Waals surface area (Å²) < 4.78 is 31.5. The topological polar surface area (TPSA) is 132 Å². The normalized spacial score (nSPS) is 18.7. The Morgan fingerprint density at radius 1 is 1.26 bits per heavy atom. The van der Waals surface area contributed by atoms with Gasteiger partial charge in [0.25, 0.3) is 0 Å². The van der Waals surface area contributed by atoms with E-state index < -0.39 is 15.2 Å². The molecule has 4 aromatic heterocycles. The molecule has 12 heteroatoms. The lowest BCUT2D eigenvalue weighted by Crippen LogP contribution is -2.44. The molecule has 1 N–H and O–H groups in total. The van der Waals surface area contributed by atoms with Crippen LogP contribution < -0.4 is 4.90 Å². The van der Waals surface area contributed by atoms with Gasteiger partial charge in [-0.3, -0.25) is 0 Å². The molecule has 0 aromatic carbocycles. The fourth-order valence-corrected chi connectivity index (χ4v) is 4.30. The van der Waals surface area contributed by atoms with Crippen LogP contribution in [0.5, 0.6) is 0 Å². The van der Waals surface area contributed by atoms with Gasteiger partial charge in [0.1, 0.15) is 11.5 Å². The van der Waals surface area contributed by atoms with Crippen molar-refractivity contribution in [1.29, 1.82) is 0 Å². The van der Waals surface area contributed by atoms with Crippen LogP contribution in [0.15, 0.2) is 24.7 Å². The summed E-state index contributed by atoms with van der Waals surface area (Å²) in [6.45, 7) is 5.45. The predicted molar refractivity (Wildman–Crippen MR) is 115 cm³/mol. The van der Waals surface area contributed by atoms with Gasteiger partial charge in [0.15, 0.2) is 26.7 Å². The largest absolute Gasteiger partial charge is 0.377 e. The summed E-state index contributed by atoms with van der Waals surface area (Å²) in [6, 6.07) is 1.98. The van der Waals surface area contributed by atoms with Crippen molar-refractivity contribution in [3.63, 3.8) is 0 Å². The maximum absolute atomic E-state index is 12.2. The number of morpholine rings is 1. The van der Waals surface area contributed by atoms with Crippen LogP contribution >= 0.6 is 0 Å². The lowest BCUT2D eigenvalue weighted by molar-refractivity contribution is 0.0987. The summed E-state index contributed by atoms with van der Waals surface area (Å²) in [4.78, 5) is 14.8. The summed E-state index contributed by atoms with van der Waals surface area (Å²) in [5.74, 6) is 1.04. The highest BCUT2D eigenvalue weighted by molar-refractivity contribution is 7.90. The molecule has 5 rings (SSSR count).